The van der Waals surface area contributed by atoms with Gasteiger partial charge in [-0.3, -0.25) is 9.59 Å². The minimum absolute atomic E-state index is 0.0259. The summed E-state index contributed by atoms with van der Waals surface area (Å²) in [5.41, 5.74) is 0.930. The van der Waals surface area contributed by atoms with Crippen LogP contribution in [0.2, 0.25) is 5.02 Å². The molecular formula is C33H48ClN3O5S. The van der Waals surface area contributed by atoms with Crippen molar-refractivity contribution in [2.24, 2.45) is 0 Å². The van der Waals surface area contributed by atoms with Crippen LogP contribution in [0.15, 0.2) is 42.5 Å². The third-order valence-electron chi connectivity index (χ3n) is 6.85. The molecule has 8 nitrogen and oxygen atoms in total. The molecule has 0 aliphatic heterocycles. The predicted octanol–water partition coefficient (Wildman–Crippen LogP) is 7.87. The van der Waals surface area contributed by atoms with E-state index in [1.807, 2.05) is 19.2 Å². The molecule has 2 rings (SSSR count). The number of benzene rings is 2. The van der Waals surface area contributed by atoms with E-state index < -0.39 is 35.6 Å². The van der Waals surface area contributed by atoms with Crippen molar-refractivity contribution in [1.29, 1.82) is 0 Å². The Labute approximate surface area is 266 Å². The number of phenolic OH excluding ortho intramolecular Hbond substituents is 1. The van der Waals surface area contributed by atoms with Crippen molar-refractivity contribution in [1.82, 2.24) is 10.2 Å². The van der Waals surface area contributed by atoms with Crippen LogP contribution in [0.25, 0.3) is 0 Å². The van der Waals surface area contributed by atoms with E-state index in [1.165, 1.54) is 17.0 Å². The molecule has 0 heterocycles. The first kappa shape index (κ1) is 36.3. The van der Waals surface area contributed by atoms with Crippen molar-refractivity contribution < 1.29 is 24.2 Å². The molecule has 0 aliphatic carbocycles. The van der Waals surface area contributed by atoms with Crippen LogP contribution in [0.5, 0.6) is 5.75 Å². The van der Waals surface area contributed by atoms with Crippen molar-refractivity contribution >= 4 is 47.0 Å². The zero-order chi connectivity index (χ0) is 32.0. The number of para-hydroxylation sites is 1. The van der Waals surface area contributed by atoms with E-state index in [0.29, 0.717) is 34.9 Å². The number of ether oxygens (including phenoxy) is 1. The third-order valence-corrected chi connectivity index (χ3v) is 7.81. The summed E-state index contributed by atoms with van der Waals surface area (Å²) in [6, 6.07) is 9.67. The minimum atomic E-state index is -1.09. The summed E-state index contributed by atoms with van der Waals surface area (Å²) >= 11 is 8.01. The lowest BCUT2D eigenvalue weighted by molar-refractivity contribution is -0.141. The number of alkyl carbamates (subject to hydrolysis) is 1. The molecule has 0 saturated heterocycles. The Morgan fingerprint density at radius 2 is 1.72 bits per heavy atom. The highest BCUT2D eigenvalue weighted by Gasteiger charge is 2.36. The number of carbonyl (C=O) groups excluding carboxylic acids is 3. The van der Waals surface area contributed by atoms with Crippen molar-refractivity contribution in [2.75, 3.05) is 23.9 Å². The first-order valence-corrected chi connectivity index (χ1v) is 16.8. The van der Waals surface area contributed by atoms with Gasteiger partial charge in [-0.1, -0.05) is 74.9 Å². The molecule has 0 aromatic heterocycles. The van der Waals surface area contributed by atoms with E-state index in [2.05, 4.69) is 17.6 Å². The number of unbranched alkanes of at least 4 members (excludes halogenated alkanes) is 5. The number of aromatic hydroxyl groups is 1. The number of nitrogens with zero attached hydrogens (tertiary/aromatic N) is 1. The molecule has 3 N–H and O–H groups in total. The number of anilines is 1. The van der Waals surface area contributed by atoms with Crippen molar-refractivity contribution in [3.8, 4) is 5.75 Å². The predicted molar refractivity (Wildman–Crippen MR) is 177 cm³/mol. The van der Waals surface area contributed by atoms with Crippen LogP contribution in [0.4, 0.5) is 10.5 Å². The summed E-state index contributed by atoms with van der Waals surface area (Å²) in [6.45, 7) is 9.56. The van der Waals surface area contributed by atoms with E-state index in [0.717, 1.165) is 37.7 Å². The molecule has 2 unspecified atom stereocenters. The van der Waals surface area contributed by atoms with Gasteiger partial charge in [0.2, 0.25) is 5.91 Å². The Morgan fingerprint density at radius 1 is 1.05 bits per heavy atom. The largest absolute Gasteiger partial charge is 0.508 e. The summed E-state index contributed by atoms with van der Waals surface area (Å²) < 4.78 is 5.47. The monoisotopic (exact) mass is 633 g/mol. The van der Waals surface area contributed by atoms with Crippen LogP contribution in [0.3, 0.4) is 0 Å². The van der Waals surface area contributed by atoms with Gasteiger partial charge < -0.3 is 25.4 Å². The highest BCUT2D eigenvalue weighted by molar-refractivity contribution is 7.98. The van der Waals surface area contributed by atoms with Crippen LogP contribution in [0, 0.1) is 6.92 Å². The fraction of sp³-hybridized carbons (Fsp3) is 0.545. The molecule has 43 heavy (non-hydrogen) atoms. The van der Waals surface area contributed by atoms with Gasteiger partial charge in [0.05, 0.1) is 10.7 Å². The number of amides is 3. The number of rotatable bonds is 16. The highest BCUT2D eigenvalue weighted by atomic mass is 35.5. The van der Waals surface area contributed by atoms with E-state index in [1.54, 1.807) is 56.8 Å². The number of nitrogens with one attached hydrogen (secondary N) is 2. The zero-order valence-electron chi connectivity index (χ0n) is 26.4. The van der Waals surface area contributed by atoms with Gasteiger partial charge in [0, 0.05) is 6.54 Å². The summed E-state index contributed by atoms with van der Waals surface area (Å²) in [5, 5.41) is 16.4. The van der Waals surface area contributed by atoms with E-state index in [9.17, 15) is 19.5 Å². The molecule has 0 saturated carbocycles. The molecule has 0 radical (unpaired) electrons. The van der Waals surface area contributed by atoms with Crippen LogP contribution in [0.1, 0.15) is 89.8 Å². The Kier molecular flexibility index (Phi) is 15.2. The zero-order valence-corrected chi connectivity index (χ0v) is 27.9. The summed E-state index contributed by atoms with van der Waals surface area (Å²) in [4.78, 5) is 42.9. The van der Waals surface area contributed by atoms with Gasteiger partial charge in [-0.15, -0.1) is 0 Å². The maximum Gasteiger partial charge on any atom is 0.408 e. The molecule has 238 valence electrons. The normalized spacial score (nSPS) is 12.7. The molecular weight excluding hydrogens is 586 g/mol. The van der Waals surface area contributed by atoms with Gasteiger partial charge in [-0.2, -0.15) is 11.8 Å². The smallest absolute Gasteiger partial charge is 0.408 e. The lowest BCUT2D eigenvalue weighted by atomic mass is 10.0. The van der Waals surface area contributed by atoms with Gasteiger partial charge >= 0.3 is 6.09 Å². The van der Waals surface area contributed by atoms with Crippen molar-refractivity contribution in [2.45, 2.75) is 97.2 Å². The van der Waals surface area contributed by atoms with E-state index in [4.69, 9.17) is 16.3 Å². The number of hydrogen-bond acceptors (Lipinski definition) is 6. The summed E-state index contributed by atoms with van der Waals surface area (Å²) in [6.07, 6.45) is 7.53. The Hall–Kier alpha value is -2.91. The molecule has 0 spiro atoms. The van der Waals surface area contributed by atoms with E-state index >= 15 is 0 Å². The molecule has 2 atom stereocenters. The van der Waals surface area contributed by atoms with Crippen LogP contribution < -0.4 is 10.6 Å². The SMILES string of the molecule is CCCCCCCCN(C(=O)C(CCSC)NC(=O)OC(C)(C)C)C(C(=O)Nc1c(C)cccc1Cl)c1cccc(O)c1. The maximum absolute atomic E-state index is 14.4. The number of carbonyl (C=O) groups is 3. The molecule has 3 amide bonds. The molecule has 0 fully saturated rings. The van der Waals surface area contributed by atoms with Crippen LogP contribution in [-0.2, 0) is 14.3 Å². The number of phenols is 1. The van der Waals surface area contributed by atoms with Crippen molar-refractivity contribution in [3.63, 3.8) is 0 Å². The van der Waals surface area contributed by atoms with Gasteiger partial charge in [0.15, 0.2) is 0 Å². The van der Waals surface area contributed by atoms with Gasteiger partial charge in [-0.05, 0) is 81.9 Å². The maximum atomic E-state index is 14.4. The quantitative estimate of drug-likeness (QED) is 0.162. The second-order valence-corrected chi connectivity index (χ2v) is 13.1. The molecule has 2 aromatic carbocycles. The van der Waals surface area contributed by atoms with E-state index in [-0.39, 0.29) is 12.3 Å². The average molecular weight is 634 g/mol. The average Bonchev–Trinajstić information content (AvgIpc) is 2.93. The number of thioether (sulfide) groups is 1. The second kappa shape index (κ2) is 18.0. The standard InChI is InChI=1S/C33H48ClN3O5S/c1-7-8-9-10-11-12-20-37(31(40)27(19-21-43-6)35-32(41)42-33(3,4)5)29(24-16-14-17-25(38)22-24)30(39)36-28-23(2)15-13-18-26(28)34/h13-18,22,27,29,38H,7-12,19-21H2,1-6H3,(H,35,41)(H,36,39). The molecule has 2 aromatic rings. The highest BCUT2D eigenvalue weighted by Crippen LogP contribution is 2.31. The van der Waals surface area contributed by atoms with Crippen molar-refractivity contribution in [3.05, 3.63) is 58.6 Å². The first-order chi connectivity index (χ1) is 20.4. The Bertz CT molecular complexity index is 1180. The van der Waals surface area contributed by atoms with Crippen LogP contribution in [-0.4, -0.2) is 58.1 Å². The van der Waals surface area contributed by atoms with Gasteiger partial charge in [0.1, 0.15) is 23.4 Å². The Morgan fingerprint density at radius 3 is 2.35 bits per heavy atom. The number of aryl methyl sites for hydroxylation is 1. The summed E-state index contributed by atoms with van der Waals surface area (Å²) in [7, 11) is 0. The minimum Gasteiger partial charge on any atom is -0.508 e. The number of hydrogen-bond donors (Lipinski definition) is 3. The summed E-state index contributed by atoms with van der Waals surface area (Å²) in [5.74, 6) is -0.282. The van der Waals surface area contributed by atoms with Gasteiger partial charge in [-0.25, -0.2) is 4.79 Å². The number of halogens is 1. The van der Waals surface area contributed by atoms with Crippen LogP contribution >= 0.6 is 23.4 Å². The second-order valence-electron chi connectivity index (χ2n) is 11.7. The third kappa shape index (κ3) is 12.3. The molecule has 10 heteroatoms. The Balaban J connectivity index is 2.54. The first-order valence-electron chi connectivity index (χ1n) is 15.0. The fourth-order valence-electron chi connectivity index (χ4n) is 4.72. The lowest BCUT2D eigenvalue weighted by Crippen LogP contribution is -2.52. The molecule has 0 bridgehead atoms. The lowest BCUT2D eigenvalue weighted by Gasteiger charge is -2.35. The van der Waals surface area contributed by atoms with Gasteiger partial charge in [0.25, 0.3) is 5.91 Å². The molecule has 0 aliphatic rings. The fourth-order valence-corrected chi connectivity index (χ4v) is 5.46. The topological polar surface area (TPSA) is 108 Å².